The van der Waals surface area contributed by atoms with Gasteiger partial charge in [0.1, 0.15) is 0 Å². The maximum atomic E-state index is 11.9. The molecular formula is C17H19N3O2. The average Bonchev–Trinajstić information content (AvgIpc) is 2.48. The number of amides is 3. The zero-order valence-corrected chi connectivity index (χ0v) is 12.6. The predicted molar refractivity (Wildman–Crippen MR) is 87.8 cm³/mol. The maximum absolute atomic E-state index is 11.9. The van der Waals surface area contributed by atoms with Gasteiger partial charge in [-0.15, -0.1) is 0 Å². The molecule has 0 heterocycles. The molecule has 3 amide bonds. The third kappa shape index (κ3) is 4.63. The average molecular weight is 297 g/mol. The lowest BCUT2D eigenvalue weighted by Gasteiger charge is -2.13. The van der Waals surface area contributed by atoms with Gasteiger partial charge in [0, 0.05) is 18.3 Å². The Balaban J connectivity index is 1.93. The highest BCUT2D eigenvalue weighted by molar-refractivity contribution is 5.99. The van der Waals surface area contributed by atoms with Crippen LogP contribution in [0.1, 0.15) is 25.5 Å². The lowest BCUT2D eigenvalue weighted by Crippen LogP contribution is -2.23. The molecule has 0 radical (unpaired) electrons. The summed E-state index contributed by atoms with van der Waals surface area (Å²) >= 11 is 0. The summed E-state index contributed by atoms with van der Waals surface area (Å²) in [7, 11) is 0. The minimum absolute atomic E-state index is 0.0651. The fourth-order valence-electron chi connectivity index (χ4n) is 2.06. The van der Waals surface area contributed by atoms with E-state index in [0.29, 0.717) is 5.69 Å². The smallest absolute Gasteiger partial charge is 0.323 e. The number of hydrogen-bond donors (Lipinski definition) is 3. The minimum Gasteiger partial charge on any atom is -0.350 e. The van der Waals surface area contributed by atoms with Crippen molar-refractivity contribution in [2.45, 2.75) is 19.9 Å². The number of carbonyl (C=O) groups excluding carboxylic acids is 2. The molecule has 0 saturated heterocycles. The number of para-hydroxylation sites is 1. The van der Waals surface area contributed by atoms with Gasteiger partial charge in [-0.05, 0) is 36.8 Å². The van der Waals surface area contributed by atoms with E-state index in [-0.39, 0.29) is 18.0 Å². The molecule has 114 valence electrons. The van der Waals surface area contributed by atoms with Gasteiger partial charge in [-0.1, -0.05) is 30.3 Å². The van der Waals surface area contributed by atoms with Crippen LogP contribution < -0.4 is 16.0 Å². The molecule has 2 rings (SSSR count). The van der Waals surface area contributed by atoms with Crippen LogP contribution in [0.4, 0.5) is 16.2 Å². The second-order valence-electron chi connectivity index (χ2n) is 4.99. The van der Waals surface area contributed by atoms with Gasteiger partial charge in [0.15, 0.2) is 0 Å². The Morgan fingerprint density at radius 2 is 1.41 bits per heavy atom. The van der Waals surface area contributed by atoms with Gasteiger partial charge in [-0.2, -0.15) is 0 Å². The van der Waals surface area contributed by atoms with Gasteiger partial charge < -0.3 is 16.0 Å². The largest absolute Gasteiger partial charge is 0.350 e. The van der Waals surface area contributed by atoms with Crippen molar-refractivity contribution in [1.29, 1.82) is 0 Å². The number of anilines is 2. The Morgan fingerprint density at radius 3 is 1.95 bits per heavy atom. The van der Waals surface area contributed by atoms with Gasteiger partial charge in [0.2, 0.25) is 5.91 Å². The number of hydrogen-bond acceptors (Lipinski definition) is 2. The van der Waals surface area contributed by atoms with Gasteiger partial charge in [-0.25, -0.2) is 4.79 Å². The van der Waals surface area contributed by atoms with Gasteiger partial charge in [0.25, 0.3) is 0 Å². The Hall–Kier alpha value is -2.82. The first-order valence-electron chi connectivity index (χ1n) is 7.04. The van der Waals surface area contributed by atoms with Crippen molar-refractivity contribution in [2.24, 2.45) is 0 Å². The predicted octanol–water partition coefficient (Wildman–Crippen LogP) is 3.53. The molecule has 1 atom stereocenters. The molecule has 0 aliphatic carbocycles. The molecular weight excluding hydrogens is 278 g/mol. The first-order chi connectivity index (χ1) is 10.5. The summed E-state index contributed by atoms with van der Waals surface area (Å²) in [5.41, 5.74) is 2.40. The highest BCUT2D eigenvalue weighted by Crippen LogP contribution is 2.16. The molecule has 5 heteroatoms. The van der Waals surface area contributed by atoms with E-state index in [1.54, 1.807) is 12.1 Å². The fourth-order valence-corrected chi connectivity index (χ4v) is 2.06. The molecule has 0 aromatic heterocycles. The summed E-state index contributed by atoms with van der Waals surface area (Å²) in [5, 5.41) is 8.32. The zero-order valence-electron chi connectivity index (χ0n) is 12.6. The third-order valence-electron chi connectivity index (χ3n) is 3.12. The Bertz CT molecular complexity index is 639. The van der Waals surface area contributed by atoms with Crippen LogP contribution in [-0.2, 0) is 4.79 Å². The molecule has 0 saturated carbocycles. The molecule has 22 heavy (non-hydrogen) atoms. The molecule has 5 nitrogen and oxygen atoms in total. The van der Waals surface area contributed by atoms with E-state index in [0.717, 1.165) is 11.3 Å². The first kappa shape index (κ1) is 15.6. The SMILES string of the molecule is CC(=O)N[C@@H](C)c1ccc(NC(=O)Nc2ccccc2)cc1. The van der Waals surface area contributed by atoms with Crippen molar-refractivity contribution in [3.8, 4) is 0 Å². The van der Waals surface area contributed by atoms with Crippen molar-refractivity contribution >= 4 is 23.3 Å². The van der Waals surface area contributed by atoms with Crippen LogP contribution in [0.2, 0.25) is 0 Å². The Kier molecular flexibility index (Phi) is 5.14. The topological polar surface area (TPSA) is 70.2 Å². The van der Waals surface area contributed by atoms with Crippen molar-refractivity contribution in [3.63, 3.8) is 0 Å². The summed E-state index contributed by atoms with van der Waals surface area (Å²) in [6.07, 6.45) is 0. The van der Waals surface area contributed by atoms with Crippen molar-refractivity contribution in [2.75, 3.05) is 10.6 Å². The molecule has 0 unspecified atom stereocenters. The maximum Gasteiger partial charge on any atom is 0.323 e. The number of rotatable bonds is 4. The quantitative estimate of drug-likeness (QED) is 0.808. The van der Waals surface area contributed by atoms with Crippen LogP contribution in [0.5, 0.6) is 0 Å². The monoisotopic (exact) mass is 297 g/mol. The first-order valence-corrected chi connectivity index (χ1v) is 7.04. The number of nitrogens with one attached hydrogen (secondary N) is 3. The second kappa shape index (κ2) is 7.26. The summed E-state index contributed by atoms with van der Waals surface area (Å²) in [4.78, 5) is 22.9. The highest BCUT2D eigenvalue weighted by atomic mass is 16.2. The Labute approximate surface area is 129 Å². The van der Waals surface area contributed by atoms with Crippen LogP contribution in [0.25, 0.3) is 0 Å². The summed E-state index contributed by atoms with van der Waals surface area (Å²) in [6.45, 7) is 3.40. The lowest BCUT2D eigenvalue weighted by atomic mass is 10.1. The molecule has 0 bridgehead atoms. The molecule has 0 aliphatic rings. The number of urea groups is 1. The lowest BCUT2D eigenvalue weighted by molar-refractivity contribution is -0.119. The summed E-state index contributed by atoms with van der Waals surface area (Å²) in [6, 6.07) is 16.2. The Morgan fingerprint density at radius 1 is 0.864 bits per heavy atom. The van der Waals surface area contributed by atoms with Crippen LogP contribution in [0.3, 0.4) is 0 Å². The van der Waals surface area contributed by atoms with Crippen LogP contribution >= 0.6 is 0 Å². The van der Waals surface area contributed by atoms with E-state index in [2.05, 4.69) is 16.0 Å². The normalized spacial score (nSPS) is 11.4. The molecule has 0 spiro atoms. The van der Waals surface area contributed by atoms with Crippen molar-refractivity contribution in [1.82, 2.24) is 5.32 Å². The highest BCUT2D eigenvalue weighted by Gasteiger charge is 2.07. The zero-order chi connectivity index (χ0) is 15.9. The molecule has 2 aromatic rings. The molecule has 0 fully saturated rings. The van der Waals surface area contributed by atoms with E-state index >= 15 is 0 Å². The van der Waals surface area contributed by atoms with Crippen LogP contribution in [0.15, 0.2) is 54.6 Å². The van der Waals surface area contributed by atoms with E-state index in [9.17, 15) is 9.59 Å². The van der Waals surface area contributed by atoms with E-state index in [1.165, 1.54) is 6.92 Å². The standard InChI is InChI=1S/C17H19N3O2/c1-12(18-13(2)21)14-8-10-16(11-9-14)20-17(22)19-15-6-4-3-5-7-15/h3-12H,1-2H3,(H,18,21)(H2,19,20,22)/t12-/m0/s1. The van der Waals surface area contributed by atoms with Crippen LogP contribution in [-0.4, -0.2) is 11.9 Å². The van der Waals surface area contributed by atoms with Crippen molar-refractivity contribution < 1.29 is 9.59 Å². The fraction of sp³-hybridized carbons (Fsp3) is 0.176. The van der Waals surface area contributed by atoms with Crippen LogP contribution in [0, 0.1) is 0 Å². The van der Waals surface area contributed by atoms with Crippen molar-refractivity contribution in [3.05, 3.63) is 60.2 Å². The minimum atomic E-state index is -0.297. The third-order valence-corrected chi connectivity index (χ3v) is 3.12. The van der Waals surface area contributed by atoms with Gasteiger partial charge in [0.05, 0.1) is 6.04 Å². The molecule has 2 aromatic carbocycles. The second-order valence-corrected chi connectivity index (χ2v) is 4.99. The number of benzene rings is 2. The van der Waals surface area contributed by atoms with E-state index < -0.39 is 0 Å². The summed E-state index contributed by atoms with van der Waals surface area (Å²) in [5.74, 6) is -0.0723. The van der Waals surface area contributed by atoms with Gasteiger partial charge in [-0.3, -0.25) is 4.79 Å². The van der Waals surface area contributed by atoms with Gasteiger partial charge >= 0.3 is 6.03 Å². The van der Waals surface area contributed by atoms with E-state index in [1.807, 2.05) is 49.4 Å². The number of carbonyl (C=O) groups is 2. The molecule has 3 N–H and O–H groups in total. The molecule has 0 aliphatic heterocycles. The van der Waals surface area contributed by atoms with E-state index in [4.69, 9.17) is 0 Å². The summed E-state index contributed by atoms with van der Waals surface area (Å²) < 4.78 is 0.